The molecule has 17 heavy (non-hydrogen) atoms. The zero-order chi connectivity index (χ0) is 12.5. The zero-order valence-electron chi connectivity index (χ0n) is 10.6. The molecule has 0 spiro atoms. The van der Waals surface area contributed by atoms with Crippen molar-refractivity contribution in [2.75, 3.05) is 26.2 Å². The minimum absolute atomic E-state index is 0.108. The van der Waals surface area contributed by atoms with E-state index in [-0.39, 0.29) is 11.6 Å². The van der Waals surface area contributed by atoms with Crippen LogP contribution >= 0.6 is 0 Å². The van der Waals surface area contributed by atoms with Gasteiger partial charge in [0.2, 0.25) is 11.7 Å². The van der Waals surface area contributed by atoms with Crippen molar-refractivity contribution in [1.82, 2.24) is 15.0 Å². The second-order valence-corrected chi connectivity index (χ2v) is 5.25. The Hall–Kier alpha value is -0.980. The number of hydrogen-bond donors (Lipinski definition) is 1. The van der Waals surface area contributed by atoms with Gasteiger partial charge in [-0.1, -0.05) is 5.16 Å². The molecule has 1 aromatic rings. The molecule has 0 saturated carbocycles. The molecule has 1 aliphatic rings. The first-order valence-corrected chi connectivity index (χ1v) is 5.87. The quantitative estimate of drug-likeness (QED) is 0.828. The van der Waals surface area contributed by atoms with E-state index < -0.39 is 0 Å². The van der Waals surface area contributed by atoms with E-state index in [0.29, 0.717) is 18.3 Å². The number of aryl methyl sites for hydroxylation is 1. The molecule has 6 nitrogen and oxygen atoms in total. The Morgan fingerprint density at radius 2 is 2.29 bits per heavy atom. The summed E-state index contributed by atoms with van der Waals surface area (Å²) in [5, 5.41) is 3.90. The first kappa shape index (κ1) is 12.5. The molecule has 6 heteroatoms. The second kappa shape index (κ2) is 4.72. The van der Waals surface area contributed by atoms with Gasteiger partial charge in [-0.2, -0.15) is 4.98 Å². The van der Waals surface area contributed by atoms with Crippen molar-refractivity contribution in [3.63, 3.8) is 0 Å². The number of hydrogen-bond acceptors (Lipinski definition) is 6. The summed E-state index contributed by atoms with van der Waals surface area (Å²) in [5.74, 6) is 1.20. The molecule has 0 aromatic carbocycles. The molecule has 2 heterocycles. The normalized spacial score (nSPS) is 22.9. The molecule has 0 bridgehead atoms. The third-order valence-electron chi connectivity index (χ3n) is 2.61. The van der Waals surface area contributed by atoms with Crippen LogP contribution in [0, 0.1) is 6.92 Å². The number of nitrogens with zero attached hydrogens (tertiary/aromatic N) is 3. The lowest BCUT2D eigenvalue weighted by Gasteiger charge is -2.35. The van der Waals surface area contributed by atoms with E-state index in [1.807, 2.05) is 13.8 Å². The molecule has 0 amide bonds. The van der Waals surface area contributed by atoms with Gasteiger partial charge in [-0.3, -0.25) is 4.90 Å². The fourth-order valence-corrected chi connectivity index (χ4v) is 2.02. The fourth-order valence-electron chi connectivity index (χ4n) is 2.02. The molecule has 1 unspecified atom stereocenters. The van der Waals surface area contributed by atoms with Gasteiger partial charge >= 0.3 is 0 Å². The predicted octanol–water partition coefficient (Wildman–Crippen LogP) is 0.489. The predicted molar refractivity (Wildman–Crippen MR) is 62.4 cm³/mol. The molecule has 96 valence electrons. The maximum Gasteiger partial charge on any atom is 0.223 e. The van der Waals surface area contributed by atoms with E-state index in [0.717, 1.165) is 19.6 Å². The van der Waals surface area contributed by atoms with Crippen LogP contribution in [0.25, 0.3) is 0 Å². The highest BCUT2D eigenvalue weighted by atomic mass is 16.5. The van der Waals surface area contributed by atoms with Gasteiger partial charge in [0.1, 0.15) is 6.10 Å². The van der Waals surface area contributed by atoms with Crippen LogP contribution < -0.4 is 5.73 Å². The van der Waals surface area contributed by atoms with Gasteiger partial charge in [-0.05, 0) is 13.8 Å². The van der Waals surface area contributed by atoms with Gasteiger partial charge < -0.3 is 15.0 Å². The summed E-state index contributed by atoms with van der Waals surface area (Å²) in [5.41, 5.74) is 5.82. The lowest BCUT2D eigenvalue weighted by molar-refractivity contribution is -0.0397. The largest absolute Gasteiger partial charge is 0.367 e. The van der Waals surface area contributed by atoms with E-state index in [1.54, 1.807) is 6.92 Å². The third-order valence-corrected chi connectivity index (χ3v) is 2.61. The van der Waals surface area contributed by atoms with Gasteiger partial charge in [0.05, 0.1) is 6.61 Å². The van der Waals surface area contributed by atoms with E-state index >= 15 is 0 Å². The molecule has 1 aromatic heterocycles. The van der Waals surface area contributed by atoms with Gasteiger partial charge in [0.25, 0.3) is 0 Å². The number of morpholine rings is 1. The second-order valence-electron chi connectivity index (χ2n) is 5.25. The fraction of sp³-hybridized carbons (Fsp3) is 0.818. The lowest BCUT2D eigenvalue weighted by atomic mass is 10.1. The summed E-state index contributed by atoms with van der Waals surface area (Å²) in [4.78, 5) is 6.48. The van der Waals surface area contributed by atoms with Crippen molar-refractivity contribution >= 4 is 0 Å². The van der Waals surface area contributed by atoms with Crippen molar-refractivity contribution in [1.29, 1.82) is 0 Å². The van der Waals surface area contributed by atoms with Gasteiger partial charge in [-0.15, -0.1) is 0 Å². The van der Waals surface area contributed by atoms with Crippen LogP contribution in [0.2, 0.25) is 0 Å². The summed E-state index contributed by atoms with van der Waals surface area (Å²) in [6, 6.07) is 0. The van der Waals surface area contributed by atoms with Crippen molar-refractivity contribution in [3.8, 4) is 0 Å². The van der Waals surface area contributed by atoms with Crippen molar-refractivity contribution < 1.29 is 9.26 Å². The van der Waals surface area contributed by atoms with Crippen LogP contribution in [0.5, 0.6) is 0 Å². The smallest absolute Gasteiger partial charge is 0.223 e. The average molecular weight is 240 g/mol. The number of ether oxygens (including phenoxy) is 1. The Kier molecular flexibility index (Phi) is 3.46. The van der Waals surface area contributed by atoms with E-state index in [1.165, 1.54) is 0 Å². The average Bonchev–Trinajstić information content (AvgIpc) is 2.63. The van der Waals surface area contributed by atoms with Gasteiger partial charge in [0, 0.05) is 32.1 Å². The lowest BCUT2D eigenvalue weighted by Crippen LogP contribution is -2.49. The monoisotopic (exact) mass is 240 g/mol. The highest BCUT2D eigenvalue weighted by Gasteiger charge is 2.28. The van der Waals surface area contributed by atoms with Crippen LogP contribution in [0.3, 0.4) is 0 Å². The number of rotatable bonds is 3. The molecule has 1 fully saturated rings. The molecular formula is C11H20N4O2. The number of aromatic nitrogens is 2. The Labute approximate surface area is 101 Å². The minimum atomic E-state index is -0.199. The summed E-state index contributed by atoms with van der Waals surface area (Å²) >= 11 is 0. The molecule has 1 saturated heterocycles. The van der Waals surface area contributed by atoms with E-state index in [4.69, 9.17) is 15.0 Å². The summed E-state index contributed by atoms with van der Waals surface area (Å²) in [6.45, 7) is 9.00. The van der Waals surface area contributed by atoms with Crippen LogP contribution in [-0.2, 0) is 4.74 Å². The Balaban J connectivity index is 1.97. The van der Waals surface area contributed by atoms with Crippen molar-refractivity contribution in [2.24, 2.45) is 5.73 Å². The summed E-state index contributed by atoms with van der Waals surface area (Å²) in [7, 11) is 0. The first-order chi connectivity index (χ1) is 7.94. The highest BCUT2D eigenvalue weighted by molar-refractivity contribution is 4.93. The van der Waals surface area contributed by atoms with Crippen LogP contribution in [-0.4, -0.2) is 46.8 Å². The standard InChI is InChI=1S/C11H20N4O2/c1-8-13-10(14-17-8)9-6-15(4-5-16-9)7-11(2,3)12/h9H,4-7,12H2,1-3H3. The number of nitrogens with two attached hydrogens (primary N) is 1. The first-order valence-electron chi connectivity index (χ1n) is 5.87. The van der Waals surface area contributed by atoms with E-state index in [2.05, 4.69) is 15.0 Å². The van der Waals surface area contributed by atoms with Gasteiger partial charge in [-0.25, -0.2) is 0 Å². The van der Waals surface area contributed by atoms with Crippen LogP contribution in [0.1, 0.15) is 31.7 Å². The Bertz CT molecular complexity index is 372. The molecule has 0 radical (unpaired) electrons. The van der Waals surface area contributed by atoms with Gasteiger partial charge in [0.15, 0.2) is 0 Å². The summed E-state index contributed by atoms with van der Waals surface area (Å²) in [6.07, 6.45) is -0.108. The van der Waals surface area contributed by atoms with Crippen LogP contribution in [0.4, 0.5) is 0 Å². The topological polar surface area (TPSA) is 77.4 Å². The Morgan fingerprint density at radius 3 is 2.88 bits per heavy atom. The van der Waals surface area contributed by atoms with Crippen LogP contribution in [0.15, 0.2) is 4.52 Å². The molecule has 1 atom stereocenters. The molecule has 2 N–H and O–H groups in total. The van der Waals surface area contributed by atoms with E-state index in [9.17, 15) is 0 Å². The SMILES string of the molecule is Cc1nc(C2CN(CC(C)(C)N)CCO2)no1. The maximum absolute atomic E-state index is 6.02. The third kappa shape index (κ3) is 3.49. The van der Waals surface area contributed by atoms with Crippen molar-refractivity contribution in [2.45, 2.75) is 32.4 Å². The minimum Gasteiger partial charge on any atom is -0.367 e. The zero-order valence-corrected chi connectivity index (χ0v) is 10.6. The molecular weight excluding hydrogens is 220 g/mol. The highest BCUT2D eigenvalue weighted by Crippen LogP contribution is 2.20. The molecule has 0 aliphatic carbocycles. The summed E-state index contributed by atoms with van der Waals surface area (Å²) < 4.78 is 10.6. The maximum atomic E-state index is 6.02. The molecule has 1 aliphatic heterocycles. The van der Waals surface area contributed by atoms with Crippen molar-refractivity contribution in [3.05, 3.63) is 11.7 Å². The molecule has 2 rings (SSSR count). The Morgan fingerprint density at radius 1 is 1.53 bits per heavy atom.